The number of halogens is 1. The normalized spacial score (nSPS) is 18.3. The molecule has 0 spiro atoms. The molecule has 0 bridgehead atoms. The standard InChI is InChI=1S/C12H12BrNO/c1-14-7-10(13)9-6-8(2-3-11(9)14)12(15)4-5-12/h2-3,6-7,15H,4-5H2,1H3. The maximum Gasteiger partial charge on any atom is 0.0899 e. The van der Waals surface area contributed by atoms with Gasteiger partial charge in [0.1, 0.15) is 0 Å². The third kappa shape index (κ3) is 1.34. The Bertz CT molecular complexity index is 540. The molecule has 2 aromatic rings. The SMILES string of the molecule is Cn1cc(Br)c2cc(C3(O)CC3)ccc21. The summed E-state index contributed by atoms with van der Waals surface area (Å²) in [6.07, 6.45) is 3.83. The summed E-state index contributed by atoms with van der Waals surface area (Å²) >= 11 is 3.54. The van der Waals surface area contributed by atoms with Crippen molar-refractivity contribution in [1.29, 1.82) is 0 Å². The van der Waals surface area contributed by atoms with Gasteiger partial charge in [-0.3, -0.25) is 0 Å². The molecule has 1 aliphatic carbocycles. The first-order valence-corrected chi connectivity index (χ1v) is 5.87. The maximum absolute atomic E-state index is 10.0. The largest absolute Gasteiger partial charge is 0.385 e. The molecule has 1 aliphatic rings. The Balaban J connectivity index is 2.25. The molecule has 1 fully saturated rings. The van der Waals surface area contributed by atoms with Gasteiger partial charge in [0.15, 0.2) is 0 Å². The summed E-state index contributed by atoms with van der Waals surface area (Å²) in [6, 6.07) is 6.19. The van der Waals surface area contributed by atoms with Gasteiger partial charge in [0.25, 0.3) is 0 Å². The zero-order valence-corrected chi connectivity index (χ0v) is 10.1. The van der Waals surface area contributed by atoms with Crippen molar-refractivity contribution in [2.75, 3.05) is 0 Å². The number of fused-ring (bicyclic) bond motifs is 1. The Hall–Kier alpha value is -0.800. The van der Waals surface area contributed by atoms with E-state index in [2.05, 4.69) is 32.6 Å². The lowest BCUT2D eigenvalue weighted by molar-refractivity contribution is 0.151. The lowest BCUT2D eigenvalue weighted by Gasteiger charge is -2.08. The molecule has 15 heavy (non-hydrogen) atoms. The van der Waals surface area contributed by atoms with Gasteiger partial charge in [-0.25, -0.2) is 0 Å². The fraction of sp³-hybridized carbons (Fsp3) is 0.333. The topological polar surface area (TPSA) is 25.2 Å². The van der Waals surface area contributed by atoms with Crippen molar-refractivity contribution in [2.45, 2.75) is 18.4 Å². The quantitative estimate of drug-likeness (QED) is 0.843. The van der Waals surface area contributed by atoms with Crippen LogP contribution >= 0.6 is 15.9 Å². The van der Waals surface area contributed by atoms with E-state index in [4.69, 9.17) is 0 Å². The van der Waals surface area contributed by atoms with Gasteiger partial charge in [-0.05, 0) is 46.5 Å². The lowest BCUT2D eigenvalue weighted by atomic mass is 10.1. The zero-order chi connectivity index (χ0) is 10.6. The second-order valence-electron chi connectivity index (χ2n) is 4.35. The first-order valence-electron chi connectivity index (χ1n) is 5.08. The Morgan fingerprint density at radius 1 is 1.40 bits per heavy atom. The van der Waals surface area contributed by atoms with Gasteiger partial charge in [0, 0.05) is 28.6 Å². The van der Waals surface area contributed by atoms with Gasteiger partial charge in [0.2, 0.25) is 0 Å². The van der Waals surface area contributed by atoms with Crippen LogP contribution in [0, 0.1) is 0 Å². The van der Waals surface area contributed by atoms with Crippen LogP contribution in [-0.2, 0) is 12.6 Å². The average Bonchev–Trinajstić information content (AvgIpc) is 2.90. The van der Waals surface area contributed by atoms with Crippen molar-refractivity contribution in [1.82, 2.24) is 4.57 Å². The van der Waals surface area contributed by atoms with Gasteiger partial charge in [-0.2, -0.15) is 0 Å². The second kappa shape index (κ2) is 2.86. The van der Waals surface area contributed by atoms with Crippen LogP contribution < -0.4 is 0 Å². The molecule has 1 saturated carbocycles. The van der Waals surface area contributed by atoms with Gasteiger partial charge >= 0.3 is 0 Å². The highest BCUT2D eigenvalue weighted by molar-refractivity contribution is 9.10. The van der Waals surface area contributed by atoms with Crippen LogP contribution in [0.1, 0.15) is 18.4 Å². The number of aliphatic hydroxyl groups is 1. The minimum absolute atomic E-state index is 0.538. The van der Waals surface area contributed by atoms with E-state index in [0.29, 0.717) is 0 Å². The van der Waals surface area contributed by atoms with E-state index in [9.17, 15) is 5.11 Å². The molecular formula is C12H12BrNO. The van der Waals surface area contributed by atoms with Crippen LogP contribution in [0.15, 0.2) is 28.9 Å². The fourth-order valence-corrected chi connectivity index (χ4v) is 2.67. The number of hydrogen-bond acceptors (Lipinski definition) is 1. The van der Waals surface area contributed by atoms with Crippen LogP contribution in [0.25, 0.3) is 10.9 Å². The van der Waals surface area contributed by atoms with Crippen LogP contribution in [0.5, 0.6) is 0 Å². The molecule has 1 N–H and O–H groups in total. The molecule has 0 aliphatic heterocycles. The Morgan fingerprint density at radius 2 is 2.13 bits per heavy atom. The highest BCUT2D eigenvalue weighted by atomic mass is 79.9. The molecule has 1 aromatic carbocycles. The van der Waals surface area contributed by atoms with E-state index in [-0.39, 0.29) is 0 Å². The number of rotatable bonds is 1. The highest BCUT2D eigenvalue weighted by Gasteiger charge is 2.42. The second-order valence-corrected chi connectivity index (χ2v) is 5.21. The summed E-state index contributed by atoms with van der Waals surface area (Å²) in [5, 5.41) is 11.2. The average molecular weight is 266 g/mol. The third-order valence-electron chi connectivity index (χ3n) is 3.20. The molecule has 1 aromatic heterocycles. The molecule has 1 heterocycles. The monoisotopic (exact) mass is 265 g/mol. The van der Waals surface area contributed by atoms with Gasteiger partial charge in [-0.1, -0.05) is 6.07 Å². The van der Waals surface area contributed by atoms with E-state index in [1.807, 2.05) is 19.3 Å². The van der Waals surface area contributed by atoms with Crippen molar-refractivity contribution < 1.29 is 5.11 Å². The van der Waals surface area contributed by atoms with Crippen molar-refractivity contribution in [3.63, 3.8) is 0 Å². The molecule has 0 amide bonds. The molecule has 78 valence electrons. The number of aryl methyl sites for hydroxylation is 1. The molecule has 0 saturated heterocycles. The molecule has 0 atom stereocenters. The molecular weight excluding hydrogens is 254 g/mol. The summed E-state index contributed by atoms with van der Waals surface area (Å²) in [5.41, 5.74) is 1.69. The van der Waals surface area contributed by atoms with Gasteiger partial charge in [-0.15, -0.1) is 0 Å². The van der Waals surface area contributed by atoms with Crippen molar-refractivity contribution in [3.05, 3.63) is 34.4 Å². The Kier molecular flexibility index (Phi) is 1.80. The summed E-state index contributed by atoms with van der Waals surface area (Å²) in [4.78, 5) is 0. The summed E-state index contributed by atoms with van der Waals surface area (Å²) in [5.74, 6) is 0. The number of hydrogen-bond donors (Lipinski definition) is 1. The number of nitrogens with zero attached hydrogens (tertiary/aromatic N) is 1. The first-order chi connectivity index (χ1) is 7.10. The van der Waals surface area contributed by atoms with Gasteiger partial charge in [0.05, 0.1) is 5.60 Å². The molecule has 0 radical (unpaired) electrons. The predicted molar refractivity (Wildman–Crippen MR) is 63.7 cm³/mol. The van der Waals surface area contributed by atoms with Crippen LogP contribution in [0.2, 0.25) is 0 Å². The summed E-state index contributed by atoms with van der Waals surface area (Å²) in [7, 11) is 2.03. The summed E-state index contributed by atoms with van der Waals surface area (Å²) in [6.45, 7) is 0. The predicted octanol–water partition coefficient (Wildman–Crippen LogP) is 2.92. The van der Waals surface area contributed by atoms with Crippen LogP contribution in [0.4, 0.5) is 0 Å². The Labute approximate surface area is 96.6 Å². The van der Waals surface area contributed by atoms with E-state index in [0.717, 1.165) is 22.9 Å². The van der Waals surface area contributed by atoms with Crippen molar-refractivity contribution in [2.24, 2.45) is 7.05 Å². The number of aromatic nitrogens is 1. The Morgan fingerprint density at radius 3 is 2.80 bits per heavy atom. The van der Waals surface area contributed by atoms with E-state index in [1.54, 1.807) is 0 Å². The smallest absolute Gasteiger partial charge is 0.0899 e. The lowest BCUT2D eigenvalue weighted by Crippen LogP contribution is -2.03. The molecule has 3 rings (SSSR count). The third-order valence-corrected chi connectivity index (χ3v) is 3.83. The summed E-state index contributed by atoms with van der Waals surface area (Å²) < 4.78 is 3.17. The van der Waals surface area contributed by atoms with E-state index < -0.39 is 5.60 Å². The minimum atomic E-state index is -0.538. The number of benzene rings is 1. The van der Waals surface area contributed by atoms with Crippen molar-refractivity contribution >= 4 is 26.8 Å². The van der Waals surface area contributed by atoms with Crippen LogP contribution in [0.3, 0.4) is 0 Å². The van der Waals surface area contributed by atoms with Gasteiger partial charge < -0.3 is 9.67 Å². The fourth-order valence-electron chi connectivity index (χ4n) is 2.04. The molecule has 2 nitrogen and oxygen atoms in total. The van der Waals surface area contributed by atoms with E-state index in [1.165, 1.54) is 10.9 Å². The van der Waals surface area contributed by atoms with Crippen LogP contribution in [-0.4, -0.2) is 9.67 Å². The maximum atomic E-state index is 10.0. The van der Waals surface area contributed by atoms with Crippen molar-refractivity contribution in [3.8, 4) is 0 Å². The highest BCUT2D eigenvalue weighted by Crippen LogP contribution is 2.46. The zero-order valence-electron chi connectivity index (χ0n) is 8.50. The molecule has 0 unspecified atom stereocenters. The first kappa shape index (κ1) is 9.43. The molecule has 3 heteroatoms. The van der Waals surface area contributed by atoms with E-state index >= 15 is 0 Å². The minimum Gasteiger partial charge on any atom is -0.385 e.